The number of carbonyl (C=O) groups is 1. The van der Waals surface area contributed by atoms with Crippen LogP contribution in [0.15, 0.2) is 22.7 Å². The van der Waals surface area contributed by atoms with Gasteiger partial charge in [0.05, 0.1) is 11.1 Å². The Morgan fingerprint density at radius 3 is 3.00 bits per heavy atom. The molecule has 14 heavy (non-hydrogen) atoms. The highest BCUT2D eigenvalue weighted by atomic mass is 79.9. The predicted molar refractivity (Wildman–Crippen MR) is 54.8 cm³/mol. The smallest absolute Gasteiger partial charge is 0.150 e. The second-order valence-corrected chi connectivity index (χ2v) is 3.93. The molecule has 0 radical (unpaired) electrons. The molecule has 0 aliphatic carbocycles. The van der Waals surface area contributed by atoms with Gasteiger partial charge in [0.25, 0.3) is 0 Å². The van der Waals surface area contributed by atoms with E-state index in [0.717, 1.165) is 23.1 Å². The van der Waals surface area contributed by atoms with E-state index in [2.05, 4.69) is 15.9 Å². The first-order chi connectivity index (χ1) is 6.79. The standard InChI is InChI=1S/C10H9BrO3/c11-9-3-7(4-12)1-2-10(9)14-6-8-5-13-8/h1-4,8H,5-6H2. The third-order valence-electron chi connectivity index (χ3n) is 1.92. The number of hydrogen-bond acceptors (Lipinski definition) is 3. The molecule has 2 rings (SSSR count). The maximum absolute atomic E-state index is 10.5. The summed E-state index contributed by atoms with van der Waals surface area (Å²) in [6.07, 6.45) is 1.05. The van der Waals surface area contributed by atoms with E-state index in [0.29, 0.717) is 12.2 Å². The largest absolute Gasteiger partial charge is 0.490 e. The zero-order valence-electron chi connectivity index (χ0n) is 7.40. The van der Waals surface area contributed by atoms with E-state index in [1.54, 1.807) is 18.2 Å². The van der Waals surface area contributed by atoms with Gasteiger partial charge in [-0.15, -0.1) is 0 Å². The van der Waals surface area contributed by atoms with Crippen molar-refractivity contribution in [3.8, 4) is 5.75 Å². The lowest BCUT2D eigenvalue weighted by Crippen LogP contribution is -2.04. The first-order valence-electron chi connectivity index (χ1n) is 4.29. The lowest BCUT2D eigenvalue weighted by atomic mass is 10.2. The topological polar surface area (TPSA) is 38.8 Å². The third kappa shape index (κ3) is 2.33. The lowest BCUT2D eigenvalue weighted by molar-refractivity contribution is 0.112. The van der Waals surface area contributed by atoms with Gasteiger partial charge in [-0.05, 0) is 34.1 Å². The van der Waals surface area contributed by atoms with E-state index < -0.39 is 0 Å². The summed E-state index contributed by atoms with van der Waals surface area (Å²) in [5.41, 5.74) is 0.631. The van der Waals surface area contributed by atoms with Crippen molar-refractivity contribution in [3.05, 3.63) is 28.2 Å². The SMILES string of the molecule is O=Cc1ccc(OCC2CO2)c(Br)c1. The Morgan fingerprint density at radius 2 is 2.43 bits per heavy atom. The molecule has 4 heteroatoms. The van der Waals surface area contributed by atoms with Crippen molar-refractivity contribution < 1.29 is 14.3 Å². The summed E-state index contributed by atoms with van der Waals surface area (Å²) in [6.45, 7) is 1.35. The van der Waals surface area contributed by atoms with Crippen LogP contribution in [-0.2, 0) is 4.74 Å². The van der Waals surface area contributed by atoms with Crippen LogP contribution >= 0.6 is 15.9 Å². The van der Waals surface area contributed by atoms with Gasteiger partial charge in [-0.25, -0.2) is 0 Å². The molecule has 0 amide bonds. The van der Waals surface area contributed by atoms with Gasteiger partial charge in [0, 0.05) is 5.56 Å². The van der Waals surface area contributed by atoms with Crippen LogP contribution in [-0.4, -0.2) is 25.6 Å². The van der Waals surface area contributed by atoms with Crippen molar-refractivity contribution >= 4 is 22.2 Å². The molecule has 1 unspecified atom stereocenters. The summed E-state index contributed by atoms with van der Waals surface area (Å²) in [5.74, 6) is 0.742. The molecule has 0 aromatic heterocycles. The molecule has 3 nitrogen and oxygen atoms in total. The molecule has 1 heterocycles. The second kappa shape index (κ2) is 4.11. The number of aldehydes is 1. The van der Waals surface area contributed by atoms with Crippen LogP contribution in [0.4, 0.5) is 0 Å². The molecule has 0 saturated carbocycles. The summed E-state index contributed by atoms with van der Waals surface area (Å²) in [4.78, 5) is 10.5. The van der Waals surface area contributed by atoms with Crippen LogP contribution in [0, 0.1) is 0 Å². The van der Waals surface area contributed by atoms with Crippen molar-refractivity contribution in [1.29, 1.82) is 0 Å². The summed E-state index contributed by atoms with van der Waals surface area (Å²) >= 11 is 3.33. The molecule has 1 aromatic rings. The maximum atomic E-state index is 10.5. The summed E-state index contributed by atoms with van der Waals surface area (Å²) in [5, 5.41) is 0. The predicted octanol–water partition coefficient (Wildman–Crippen LogP) is 2.04. The average molecular weight is 257 g/mol. The van der Waals surface area contributed by atoms with Gasteiger partial charge in [0.1, 0.15) is 24.7 Å². The van der Waals surface area contributed by atoms with Gasteiger partial charge in [-0.3, -0.25) is 4.79 Å². The first-order valence-corrected chi connectivity index (χ1v) is 5.08. The minimum Gasteiger partial charge on any atom is -0.490 e. The minimum absolute atomic E-state index is 0.243. The Bertz CT molecular complexity index is 347. The molecule has 1 atom stereocenters. The quantitative estimate of drug-likeness (QED) is 0.612. The van der Waals surface area contributed by atoms with Crippen LogP contribution in [0.25, 0.3) is 0 Å². The molecule has 0 spiro atoms. The Kier molecular flexibility index (Phi) is 2.84. The van der Waals surface area contributed by atoms with Crippen LogP contribution in [0.3, 0.4) is 0 Å². The number of epoxide rings is 1. The van der Waals surface area contributed by atoms with E-state index >= 15 is 0 Å². The minimum atomic E-state index is 0.243. The molecule has 0 N–H and O–H groups in total. The number of ether oxygens (including phenoxy) is 2. The van der Waals surface area contributed by atoms with E-state index in [-0.39, 0.29) is 6.10 Å². The van der Waals surface area contributed by atoms with Crippen LogP contribution in [0.5, 0.6) is 5.75 Å². The molecule has 1 aromatic carbocycles. The van der Waals surface area contributed by atoms with E-state index in [4.69, 9.17) is 9.47 Å². The Hall–Kier alpha value is -0.870. The van der Waals surface area contributed by atoms with Crippen molar-refractivity contribution in [1.82, 2.24) is 0 Å². The molecule has 1 fully saturated rings. The normalized spacial score (nSPS) is 19.1. The Labute approximate surface area is 90.1 Å². The number of benzene rings is 1. The lowest BCUT2D eigenvalue weighted by Gasteiger charge is -2.06. The number of rotatable bonds is 4. The number of halogens is 1. The van der Waals surface area contributed by atoms with Crippen molar-refractivity contribution in [2.45, 2.75) is 6.10 Å². The van der Waals surface area contributed by atoms with Crippen LogP contribution in [0.1, 0.15) is 10.4 Å². The monoisotopic (exact) mass is 256 g/mol. The van der Waals surface area contributed by atoms with Crippen LogP contribution < -0.4 is 4.74 Å². The van der Waals surface area contributed by atoms with Crippen molar-refractivity contribution in [2.24, 2.45) is 0 Å². The van der Waals surface area contributed by atoms with Gasteiger partial charge in [0.15, 0.2) is 0 Å². The number of hydrogen-bond donors (Lipinski definition) is 0. The molecule has 74 valence electrons. The van der Waals surface area contributed by atoms with Gasteiger partial charge < -0.3 is 9.47 Å². The second-order valence-electron chi connectivity index (χ2n) is 3.07. The Morgan fingerprint density at radius 1 is 1.64 bits per heavy atom. The van der Waals surface area contributed by atoms with E-state index in [1.165, 1.54) is 0 Å². The van der Waals surface area contributed by atoms with Crippen molar-refractivity contribution in [2.75, 3.05) is 13.2 Å². The van der Waals surface area contributed by atoms with Crippen molar-refractivity contribution in [3.63, 3.8) is 0 Å². The average Bonchev–Trinajstić information content (AvgIpc) is 2.99. The highest BCUT2D eigenvalue weighted by Gasteiger charge is 2.23. The zero-order chi connectivity index (χ0) is 9.97. The molecule has 1 aliphatic heterocycles. The molecule has 1 saturated heterocycles. The Balaban J connectivity index is 2.04. The number of carbonyl (C=O) groups excluding carboxylic acids is 1. The summed E-state index contributed by atoms with van der Waals surface area (Å²) in [6, 6.07) is 5.23. The fourth-order valence-electron chi connectivity index (χ4n) is 1.05. The van der Waals surface area contributed by atoms with Crippen LogP contribution in [0.2, 0.25) is 0 Å². The first kappa shape index (κ1) is 9.68. The van der Waals surface area contributed by atoms with Gasteiger partial charge >= 0.3 is 0 Å². The van der Waals surface area contributed by atoms with Gasteiger partial charge in [-0.2, -0.15) is 0 Å². The molecule has 0 bridgehead atoms. The molecular formula is C10H9BrO3. The highest BCUT2D eigenvalue weighted by molar-refractivity contribution is 9.10. The fourth-order valence-corrected chi connectivity index (χ4v) is 1.57. The van der Waals surface area contributed by atoms with Gasteiger partial charge in [0.2, 0.25) is 0 Å². The van der Waals surface area contributed by atoms with E-state index in [9.17, 15) is 4.79 Å². The van der Waals surface area contributed by atoms with E-state index in [1.807, 2.05) is 0 Å². The highest BCUT2D eigenvalue weighted by Crippen LogP contribution is 2.26. The molecular weight excluding hydrogens is 248 g/mol. The maximum Gasteiger partial charge on any atom is 0.150 e. The summed E-state index contributed by atoms with van der Waals surface area (Å²) in [7, 11) is 0. The fraction of sp³-hybridized carbons (Fsp3) is 0.300. The van der Waals surface area contributed by atoms with Gasteiger partial charge in [-0.1, -0.05) is 0 Å². The third-order valence-corrected chi connectivity index (χ3v) is 2.54. The zero-order valence-corrected chi connectivity index (χ0v) is 8.99. The molecule has 1 aliphatic rings. The summed E-state index contributed by atoms with van der Waals surface area (Å²) < 4.78 is 11.3.